The summed E-state index contributed by atoms with van der Waals surface area (Å²) in [5.74, 6) is -0.266. The molecule has 3 amide bonds. The summed E-state index contributed by atoms with van der Waals surface area (Å²) in [5, 5.41) is 0. The lowest BCUT2D eigenvalue weighted by molar-refractivity contribution is -0.150. The molecule has 1 aliphatic heterocycles. The quantitative estimate of drug-likeness (QED) is 0.645. The van der Waals surface area contributed by atoms with E-state index in [9.17, 15) is 14.4 Å². The van der Waals surface area contributed by atoms with E-state index in [2.05, 4.69) is 0 Å². The lowest BCUT2D eigenvalue weighted by atomic mass is 10.1. The lowest BCUT2D eigenvalue weighted by Gasteiger charge is -2.33. The number of carbonyl (C=O) groups is 3. The van der Waals surface area contributed by atoms with E-state index in [0.717, 1.165) is 5.56 Å². The summed E-state index contributed by atoms with van der Waals surface area (Å²) in [4.78, 5) is 40.5. The fraction of sp³-hybridized carbons (Fsp3) is 0.318. The van der Waals surface area contributed by atoms with Crippen LogP contribution in [0.2, 0.25) is 0 Å². The number of hydrogen-bond donors (Lipinski definition) is 0. The van der Waals surface area contributed by atoms with E-state index >= 15 is 0 Å². The Morgan fingerprint density at radius 1 is 0.900 bits per heavy atom. The van der Waals surface area contributed by atoms with Gasteiger partial charge in [-0.15, -0.1) is 0 Å². The fourth-order valence-electron chi connectivity index (χ4n) is 3.36. The first kappa shape index (κ1) is 21.2. The summed E-state index contributed by atoms with van der Waals surface area (Å²) < 4.78 is 15.8. The first-order valence-corrected chi connectivity index (χ1v) is 9.45. The van der Waals surface area contributed by atoms with Gasteiger partial charge in [-0.05, 0) is 24.1 Å². The number of carbonyl (C=O) groups excluding carboxylic acids is 3. The number of imide groups is 1. The van der Waals surface area contributed by atoms with Crippen LogP contribution in [0.15, 0.2) is 42.5 Å². The van der Waals surface area contributed by atoms with E-state index in [1.165, 1.54) is 43.3 Å². The third kappa shape index (κ3) is 4.37. The molecule has 0 N–H and O–H groups in total. The average molecular weight is 412 g/mol. The number of amides is 3. The summed E-state index contributed by atoms with van der Waals surface area (Å²) >= 11 is 0. The highest BCUT2D eigenvalue weighted by atomic mass is 16.5. The van der Waals surface area contributed by atoms with Crippen molar-refractivity contribution in [2.75, 3.05) is 41.0 Å². The van der Waals surface area contributed by atoms with Crippen LogP contribution in [0.25, 0.3) is 0 Å². The summed E-state index contributed by atoms with van der Waals surface area (Å²) in [6.07, 6.45) is 0.569. The SMILES string of the molecule is COc1cc(C(=O)N2CC(=O)N(CCc3ccccc3)C(=O)C2)cc(OC)c1OC. The van der Waals surface area contributed by atoms with Gasteiger partial charge in [0.05, 0.1) is 21.3 Å². The van der Waals surface area contributed by atoms with Crippen molar-refractivity contribution in [2.45, 2.75) is 6.42 Å². The van der Waals surface area contributed by atoms with Gasteiger partial charge in [-0.1, -0.05) is 30.3 Å². The van der Waals surface area contributed by atoms with Crippen molar-refractivity contribution in [3.8, 4) is 17.2 Å². The maximum Gasteiger partial charge on any atom is 0.255 e. The largest absolute Gasteiger partial charge is 0.493 e. The third-order valence-electron chi connectivity index (χ3n) is 4.92. The van der Waals surface area contributed by atoms with Crippen LogP contribution in [0.4, 0.5) is 0 Å². The van der Waals surface area contributed by atoms with Crippen molar-refractivity contribution in [2.24, 2.45) is 0 Å². The zero-order valence-corrected chi connectivity index (χ0v) is 17.2. The average Bonchev–Trinajstić information content (AvgIpc) is 2.77. The van der Waals surface area contributed by atoms with Gasteiger partial charge in [0.25, 0.3) is 5.91 Å². The number of piperazine rings is 1. The Hall–Kier alpha value is -3.55. The van der Waals surface area contributed by atoms with E-state index in [1.54, 1.807) is 0 Å². The van der Waals surface area contributed by atoms with Crippen molar-refractivity contribution in [1.29, 1.82) is 0 Å². The summed E-state index contributed by atoms with van der Waals surface area (Å²) in [6, 6.07) is 12.6. The molecule has 2 aromatic rings. The second kappa shape index (κ2) is 9.30. The third-order valence-corrected chi connectivity index (χ3v) is 4.92. The molecule has 1 aliphatic rings. The molecule has 0 bridgehead atoms. The molecule has 0 radical (unpaired) electrons. The Kier molecular flexibility index (Phi) is 6.56. The summed E-state index contributed by atoms with van der Waals surface area (Å²) in [5.41, 5.74) is 1.27. The van der Waals surface area contributed by atoms with E-state index in [4.69, 9.17) is 14.2 Å². The molecule has 1 saturated heterocycles. The fourth-order valence-corrected chi connectivity index (χ4v) is 3.36. The van der Waals surface area contributed by atoms with Gasteiger partial charge in [0, 0.05) is 12.1 Å². The predicted molar refractivity (Wildman–Crippen MR) is 109 cm³/mol. The monoisotopic (exact) mass is 412 g/mol. The zero-order chi connectivity index (χ0) is 21.7. The van der Waals surface area contributed by atoms with Gasteiger partial charge in [0.15, 0.2) is 11.5 Å². The van der Waals surface area contributed by atoms with E-state index in [-0.39, 0.29) is 25.2 Å². The molecule has 8 heteroatoms. The molecular weight excluding hydrogens is 388 g/mol. The molecule has 2 aromatic carbocycles. The van der Waals surface area contributed by atoms with Crippen molar-refractivity contribution < 1.29 is 28.6 Å². The van der Waals surface area contributed by atoms with Crippen LogP contribution in [0.3, 0.4) is 0 Å². The lowest BCUT2D eigenvalue weighted by Crippen LogP contribution is -2.55. The molecule has 0 aliphatic carbocycles. The minimum absolute atomic E-state index is 0.171. The first-order valence-electron chi connectivity index (χ1n) is 9.45. The number of hydrogen-bond acceptors (Lipinski definition) is 6. The number of rotatable bonds is 7. The predicted octanol–water partition coefficient (Wildman–Crippen LogP) is 1.77. The molecule has 0 atom stereocenters. The second-order valence-corrected chi connectivity index (χ2v) is 6.75. The van der Waals surface area contributed by atoms with Crippen LogP contribution in [-0.4, -0.2) is 68.5 Å². The smallest absolute Gasteiger partial charge is 0.255 e. The Morgan fingerprint density at radius 3 is 1.97 bits per heavy atom. The molecule has 0 unspecified atom stereocenters. The van der Waals surface area contributed by atoms with Gasteiger partial charge in [-0.25, -0.2) is 0 Å². The van der Waals surface area contributed by atoms with Gasteiger partial charge in [-0.2, -0.15) is 0 Å². The summed E-state index contributed by atoms with van der Waals surface area (Å²) in [6.45, 7) is -0.0556. The molecule has 0 spiro atoms. The molecule has 30 heavy (non-hydrogen) atoms. The highest BCUT2D eigenvalue weighted by molar-refractivity contribution is 6.06. The molecule has 1 fully saturated rings. The van der Waals surface area contributed by atoms with Gasteiger partial charge >= 0.3 is 0 Å². The number of nitrogens with zero attached hydrogens (tertiary/aromatic N) is 2. The number of benzene rings is 2. The first-order chi connectivity index (χ1) is 14.5. The highest BCUT2D eigenvalue weighted by Crippen LogP contribution is 2.38. The van der Waals surface area contributed by atoms with Gasteiger partial charge in [-0.3, -0.25) is 19.3 Å². The zero-order valence-electron chi connectivity index (χ0n) is 17.2. The maximum atomic E-state index is 13.0. The number of ether oxygens (including phenoxy) is 3. The maximum absolute atomic E-state index is 13.0. The van der Waals surface area contributed by atoms with Crippen molar-refractivity contribution in [3.63, 3.8) is 0 Å². The Balaban J connectivity index is 1.73. The Bertz CT molecular complexity index is 901. The van der Waals surface area contributed by atoms with Crippen LogP contribution in [0.5, 0.6) is 17.2 Å². The van der Waals surface area contributed by atoms with Crippen LogP contribution in [0.1, 0.15) is 15.9 Å². The molecule has 8 nitrogen and oxygen atoms in total. The standard InChI is InChI=1S/C22H24N2O6/c1-28-17-11-16(12-18(29-2)21(17)30-3)22(27)23-13-19(25)24(20(26)14-23)10-9-15-7-5-4-6-8-15/h4-8,11-12H,9-10,13-14H2,1-3H3. The Labute approximate surface area is 174 Å². The summed E-state index contributed by atoms with van der Waals surface area (Å²) in [7, 11) is 4.36. The molecule has 0 aromatic heterocycles. The minimum Gasteiger partial charge on any atom is -0.493 e. The van der Waals surface area contributed by atoms with Crippen molar-refractivity contribution in [3.05, 3.63) is 53.6 Å². The van der Waals surface area contributed by atoms with E-state index in [1.807, 2.05) is 30.3 Å². The van der Waals surface area contributed by atoms with Crippen molar-refractivity contribution in [1.82, 2.24) is 9.80 Å². The second-order valence-electron chi connectivity index (χ2n) is 6.75. The normalized spacial score (nSPS) is 14.0. The van der Waals surface area contributed by atoms with Crippen LogP contribution in [-0.2, 0) is 16.0 Å². The molecule has 158 valence electrons. The van der Waals surface area contributed by atoms with Gasteiger partial charge < -0.3 is 19.1 Å². The van der Waals surface area contributed by atoms with Crippen molar-refractivity contribution >= 4 is 17.7 Å². The van der Waals surface area contributed by atoms with Crippen LogP contribution < -0.4 is 14.2 Å². The number of methoxy groups -OCH3 is 3. The van der Waals surface area contributed by atoms with E-state index < -0.39 is 17.7 Å². The topological polar surface area (TPSA) is 85.4 Å². The Morgan fingerprint density at radius 2 is 1.47 bits per heavy atom. The highest BCUT2D eigenvalue weighted by Gasteiger charge is 2.34. The van der Waals surface area contributed by atoms with Gasteiger partial charge in [0.1, 0.15) is 13.1 Å². The molecule has 3 rings (SSSR count). The molecular formula is C22H24N2O6. The van der Waals surface area contributed by atoms with Crippen LogP contribution in [0, 0.1) is 0 Å². The van der Waals surface area contributed by atoms with E-state index in [0.29, 0.717) is 23.7 Å². The van der Waals surface area contributed by atoms with Crippen LogP contribution >= 0.6 is 0 Å². The molecule has 0 saturated carbocycles. The molecule has 1 heterocycles. The minimum atomic E-state index is -0.460. The van der Waals surface area contributed by atoms with Gasteiger partial charge in [0.2, 0.25) is 17.6 Å².